The number of methoxy groups -OCH3 is 1. The van der Waals surface area contributed by atoms with Gasteiger partial charge in [-0.3, -0.25) is 0 Å². The van der Waals surface area contributed by atoms with Gasteiger partial charge in [-0.1, -0.05) is 25.5 Å². The molecule has 25 heavy (non-hydrogen) atoms. The van der Waals surface area contributed by atoms with Crippen LogP contribution in [0.25, 0.3) is 0 Å². The molecule has 3 nitrogen and oxygen atoms in total. The second-order valence-corrected chi connectivity index (χ2v) is 7.79. The summed E-state index contributed by atoms with van der Waals surface area (Å²) in [5, 5.41) is 2.19. The van der Waals surface area contributed by atoms with Crippen LogP contribution in [-0.2, 0) is 0 Å². The number of thiophene rings is 1. The second kappa shape index (κ2) is 9.25. The molecule has 3 rings (SSSR count). The van der Waals surface area contributed by atoms with Gasteiger partial charge in [-0.15, -0.1) is 11.3 Å². The average Bonchev–Trinajstić information content (AvgIpc) is 3.19. The van der Waals surface area contributed by atoms with E-state index < -0.39 is 0 Å². The largest absolute Gasteiger partial charge is 0.497 e. The molecule has 1 aromatic carbocycles. The normalized spacial score (nSPS) is 21.2. The Kier molecular flexibility index (Phi) is 6.76. The highest BCUT2D eigenvalue weighted by Gasteiger charge is 2.31. The molecule has 4 heteroatoms. The van der Waals surface area contributed by atoms with Gasteiger partial charge in [-0.05, 0) is 49.5 Å². The zero-order valence-corrected chi connectivity index (χ0v) is 16.1. The van der Waals surface area contributed by atoms with E-state index in [4.69, 9.17) is 9.47 Å². The zero-order chi connectivity index (χ0) is 17.5. The fraction of sp³-hybridized carbons (Fsp3) is 0.524. The SMILES string of the molecule is CCCCN1CCC(c2cccs2)C(COc2cccc(OC)c2)C1. The summed E-state index contributed by atoms with van der Waals surface area (Å²) in [6, 6.07) is 12.4. The van der Waals surface area contributed by atoms with E-state index in [2.05, 4.69) is 29.3 Å². The predicted molar refractivity (Wildman–Crippen MR) is 105 cm³/mol. The number of rotatable bonds is 8. The Labute approximate surface area is 155 Å². The van der Waals surface area contributed by atoms with Crippen LogP contribution in [0.2, 0.25) is 0 Å². The van der Waals surface area contributed by atoms with Gasteiger partial charge < -0.3 is 14.4 Å². The van der Waals surface area contributed by atoms with Crippen LogP contribution in [0, 0.1) is 5.92 Å². The summed E-state index contributed by atoms with van der Waals surface area (Å²) in [4.78, 5) is 4.13. The number of ether oxygens (including phenoxy) is 2. The zero-order valence-electron chi connectivity index (χ0n) is 15.3. The molecule has 2 heterocycles. The molecule has 2 atom stereocenters. The Balaban J connectivity index is 1.66. The maximum atomic E-state index is 6.17. The summed E-state index contributed by atoms with van der Waals surface area (Å²) in [6.07, 6.45) is 3.78. The average molecular weight is 360 g/mol. The molecule has 0 saturated carbocycles. The third kappa shape index (κ3) is 4.99. The first-order valence-corrected chi connectivity index (χ1v) is 10.2. The fourth-order valence-electron chi connectivity index (χ4n) is 3.63. The maximum Gasteiger partial charge on any atom is 0.122 e. The number of unbranched alkanes of at least 4 members (excludes halogenated alkanes) is 1. The monoisotopic (exact) mass is 359 g/mol. The Morgan fingerprint density at radius 2 is 2.08 bits per heavy atom. The van der Waals surface area contributed by atoms with Gasteiger partial charge in [0.05, 0.1) is 13.7 Å². The first kappa shape index (κ1) is 18.3. The lowest BCUT2D eigenvalue weighted by atomic mass is 9.84. The smallest absolute Gasteiger partial charge is 0.122 e. The standard InChI is InChI=1S/C21H29NO2S/c1-3-4-11-22-12-10-20(21-9-6-13-25-21)17(15-22)16-24-19-8-5-7-18(14-19)23-2/h5-9,13-14,17,20H,3-4,10-12,15-16H2,1-2H3. The number of nitrogens with zero attached hydrogens (tertiary/aromatic N) is 1. The molecule has 136 valence electrons. The second-order valence-electron chi connectivity index (χ2n) is 6.81. The van der Waals surface area contributed by atoms with Crippen LogP contribution < -0.4 is 9.47 Å². The van der Waals surface area contributed by atoms with Crippen molar-refractivity contribution in [1.82, 2.24) is 4.90 Å². The molecule has 0 N–H and O–H groups in total. The summed E-state index contributed by atoms with van der Waals surface area (Å²) in [7, 11) is 1.69. The van der Waals surface area contributed by atoms with Gasteiger partial charge in [0, 0.05) is 29.3 Å². The van der Waals surface area contributed by atoms with Crippen LogP contribution in [0.4, 0.5) is 0 Å². The minimum atomic E-state index is 0.537. The Morgan fingerprint density at radius 1 is 1.20 bits per heavy atom. The molecule has 1 aliphatic rings. The third-order valence-corrected chi connectivity index (χ3v) is 6.06. The van der Waals surface area contributed by atoms with Gasteiger partial charge in [-0.2, -0.15) is 0 Å². The summed E-state index contributed by atoms with van der Waals surface area (Å²) in [5.74, 6) is 2.90. The molecule has 2 aromatic rings. The molecule has 0 spiro atoms. The van der Waals surface area contributed by atoms with Crippen LogP contribution in [0.15, 0.2) is 41.8 Å². The number of benzene rings is 1. The van der Waals surface area contributed by atoms with Crippen molar-refractivity contribution in [2.24, 2.45) is 5.92 Å². The molecular weight excluding hydrogens is 330 g/mol. The fourth-order valence-corrected chi connectivity index (χ4v) is 4.59. The van der Waals surface area contributed by atoms with E-state index in [0.717, 1.165) is 24.7 Å². The maximum absolute atomic E-state index is 6.17. The lowest BCUT2D eigenvalue weighted by Crippen LogP contribution is -2.42. The lowest BCUT2D eigenvalue weighted by molar-refractivity contribution is 0.111. The van der Waals surface area contributed by atoms with Gasteiger partial charge in [0.1, 0.15) is 11.5 Å². The Morgan fingerprint density at radius 3 is 2.84 bits per heavy atom. The highest BCUT2D eigenvalue weighted by molar-refractivity contribution is 7.10. The van der Waals surface area contributed by atoms with Crippen LogP contribution in [0.5, 0.6) is 11.5 Å². The van der Waals surface area contributed by atoms with Gasteiger partial charge in [0.25, 0.3) is 0 Å². The third-order valence-electron chi connectivity index (χ3n) is 5.06. The van der Waals surface area contributed by atoms with Crippen LogP contribution in [0.1, 0.15) is 37.0 Å². The molecule has 1 saturated heterocycles. The van der Waals surface area contributed by atoms with E-state index in [1.54, 1.807) is 7.11 Å². The minimum absolute atomic E-state index is 0.537. The first-order chi connectivity index (χ1) is 12.3. The topological polar surface area (TPSA) is 21.7 Å². The van der Waals surface area contributed by atoms with E-state index in [1.165, 1.54) is 37.2 Å². The van der Waals surface area contributed by atoms with E-state index in [9.17, 15) is 0 Å². The molecule has 2 unspecified atom stereocenters. The van der Waals surface area contributed by atoms with Crippen molar-refractivity contribution < 1.29 is 9.47 Å². The number of piperidine rings is 1. The quantitative estimate of drug-likeness (QED) is 0.659. The molecule has 0 bridgehead atoms. The highest BCUT2D eigenvalue weighted by atomic mass is 32.1. The van der Waals surface area contributed by atoms with Crippen molar-refractivity contribution >= 4 is 11.3 Å². The number of hydrogen-bond donors (Lipinski definition) is 0. The summed E-state index contributed by atoms with van der Waals surface area (Å²) >= 11 is 1.89. The summed E-state index contributed by atoms with van der Waals surface area (Å²) < 4.78 is 11.5. The van der Waals surface area contributed by atoms with E-state index in [-0.39, 0.29) is 0 Å². The van der Waals surface area contributed by atoms with Gasteiger partial charge >= 0.3 is 0 Å². The summed E-state index contributed by atoms with van der Waals surface area (Å²) in [6.45, 7) is 6.58. The molecule has 0 amide bonds. The van der Waals surface area contributed by atoms with Gasteiger partial charge in [-0.25, -0.2) is 0 Å². The van der Waals surface area contributed by atoms with Gasteiger partial charge in [0.2, 0.25) is 0 Å². The molecule has 1 aliphatic heterocycles. The molecule has 1 aromatic heterocycles. The molecular formula is C21H29NO2S. The van der Waals surface area contributed by atoms with E-state index >= 15 is 0 Å². The van der Waals surface area contributed by atoms with Crippen LogP contribution >= 0.6 is 11.3 Å². The molecule has 0 aliphatic carbocycles. The first-order valence-electron chi connectivity index (χ1n) is 9.32. The molecule has 1 fully saturated rings. The van der Waals surface area contributed by atoms with Crippen LogP contribution in [-0.4, -0.2) is 38.3 Å². The Bertz CT molecular complexity index is 629. The van der Waals surface area contributed by atoms with Crippen molar-refractivity contribution in [2.45, 2.75) is 32.1 Å². The Hall–Kier alpha value is -1.52. The number of hydrogen-bond acceptors (Lipinski definition) is 4. The van der Waals surface area contributed by atoms with E-state index in [1.807, 2.05) is 35.6 Å². The van der Waals surface area contributed by atoms with Crippen molar-refractivity contribution in [3.05, 3.63) is 46.7 Å². The predicted octanol–water partition coefficient (Wildman–Crippen LogP) is 5.04. The van der Waals surface area contributed by atoms with Crippen molar-refractivity contribution in [3.63, 3.8) is 0 Å². The van der Waals surface area contributed by atoms with Gasteiger partial charge in [0.15, 0.2) is 0 Å². The number of likely N-dealkylation sites (tertiary alicyclic amines) is 1. The van der Waals surface area contributed by atoms with Crippen molar-refractivity contribution in [1.29, 1.82) is 0 Å². The van der Waals surface area contributed by atoms with Crippen molar-refractivity contribution in [3.8, 4) is 11.5 Å². The lowest BCUT2D eigenvalue weighted by Gasteiger charge is -2.38. The van der Waals surface area contributed by atoms with E-state index in [0.29, 0.717) is 11.8 Å². The highest BCUT2D eigenvalue weighted by Crippen LogP contribution is 2.36. The van der Waals surface area contributed by atoms with Crippen molar-refractivity contribution in [2.75, 3.05) is 33.4 Å². The van der Waals surface area contributed by atoms with Crippen LogP contribution in [0.3, 0.4) is 0 Å². The summed E-state index contributed by atoms with van der Waals surface area (Å²) in [5.41, 5.74) is 0. The molecule has 0 radical (unpaired) electrons. The minimum Gasteiger partial charge on any atom is -0.497 e.